The molecular formula is C15H25N3OS. The van der Waals surface area contributed by atoms with Crippen molar-refractivity contribution in [2.45, 2.75) is 69.9 Å². The third-order valence-corrected chi connectivity index (χ3v) is 5.89. The topological polar surface area (TPSA) is 61.0 Å². The first-order valence-electron chi connectivity index (χ1n) is 7.95. The van der Waals surface area contributed by atoms with E-state index in [1.807, 2.05) is 0 Å². The molecule has 5 heteroatoms. The van der Waals surface area contributed by atoms with Crippen LogP contribution in [0.4, 0.5) is 0 Å². The first-order chi connectivity index (χ1) is 9.74. The summed E-state index contributed by atoms with van der Waals surface area (Å²) >= 11 is 1.48. The van der Waals surface area contributed by atoms with E-state index in [1.165, 1.54) is 48.5 Å². The molecule has 2 aliphatic rings. The van der Waals surface area contributed by atoms with Gasteiger partial charge in [-0.2, -0.15) is 0 Å². The Kier molecular flexibility index (Phi) is 4.38. The highest BCUT2D eigenvalue weighted by Crippen LogP contribution is 2.44. The molecule has 1 saturated heterocycles. The van der Waals surface area contributed by atoms with Crippen molar-refractivity contribution in [3.63, 3.8) is 0 Å². The van der Waals surface area contributed by atoms with Gasteiger partial charge in [-0.25, -0.2) is 0 Å². The summed E-state index contributed by atoms with van der Waals surface area (Å²) < 4.78 is 10.3. The summed E-state index contributed by atoms with van der Waals surface area (Å²) in [6.45, 7) is 2.99. The molecule has 1 aliphatic carbocycles. The fourth-order valence-corrected chi connectivity index (χ4v) is 4.68. The summed E-state index contributed by atoms with van der Waals surface area (Å²) in [6.07, 6.45) is 9.54. The van der Waals surface area contributed by atoms with Crippen molar-refractivity contribution >= 4 is 11.5 Å². The lowest BCUT2D eigenvalue weighted by Gasteiger charge is -2.44. The SMILES string of the molecule is CCc1nnsc1C(N)C1CCOC2(CCCCC2)C1. The van der Waals surface area contributed by atoms with E-state index in [0.29, 0.717) is 5.92 Å². The Morgan fingerprint density at radius 2 is 2.20 bits per heavy atom. The minimum Gasteiger partial charge on any atom is -0.375 e. The van der Waals surface area contributed by atoms with Crippen molar-refractivity contribution in [1.82, 2.24) is 9.59 Å². The molecule has 2 atom stereocenters. The second-order valence-electron chi connectivity index (χ2n) is 6.31. The predicted octanol–water partition coefficient (Wildman–Crippen LogP) is 3.23. The lowest BCUT2D eigenvalue weighted by molar-refractivity contribution is -0.120. The van der Waals surface area contributed by atoms with E-state index in [0.717, 1.165) is 31.6 Å². The van der Waals surface area contributed by atoms with E-state index in [4.69, 9.17) is 10.5 Å². The highest BCUT2D eigenvalue weighted by molar-refractivity contribution is 7.05. The normalized spacial score (nSPS) is 27.6. The van der Waals surface area contributed by atoms with E-state index in [9.17, 15) is 0 Å². The Hall–Kier alpha value is -0.520. The fraction of sp³-hybridized carbons (Fsp3) is 0.867. The van der Waals surface area contributed by atoms with Gasteiger partial charge in [-0.1, -0.05) is 30.7 Å². The van der Waals surface area contributed by atoms with E-state index in [-0.39, 0.29) is 11.6 Å². The van der Waals surface area contributed by atoms with Gasteiger partial charge < -0.3 is 10.5 Å². The van der Waals surface area contributed by atoms with Gasteiger partial charge in [0, 0.05) is 12.6 Å². The standard InChI is InChI=1S/C15H25N3OS/c1-2-12-14(20-18-17-12)13(16)11-6-9-19-15(10-11)7-4-3-5-8-15/h11,13H,2-10,16H2,1H3. The molecule has 20 heavy (non-hydrogen) atoms. The van der Waals surface area contributed by atoms with Crippen LogP contribution < -0.4 is 5.73 Å². The molecule has 0 aromatic carbocycles. The Labute approximate surface area is 125 Å². The maximum absolute atomic E-state index is 6.56. The molecule has 2 heterocycles. The summed E-state index contributed by atoms with van der Waals surface area (Å²) in [6, 6.07) is 0.0904. The molecule has 4 nitrogen and oxygen atoms in total. The average Bonchev–Trinajstić information content (AvgIpc) is 2.96. The van der Waals surface area contributed by atoms with Crippen molar-refractivity contribution in [3.05, 3.63) is 10.6 Å². The van der Waals surface area contributed by atoms with Crippen LogP contribution in [0.2, 0.25) is 0 Å². The van der Waals surface area contributed by atoms with Crippen molar-refractivity contribution < 1.29 is 4.74 Å². The Morgan fingerprint density at radius 1 is 1.40 bits per heavy atom. The number of hydrogen-bond acceptors (Lipinski definition) is 5. The molecule has 0 bridgehead atoms. The zero-order chi connectivity index (χ0) is 14.0. The lowest BCUT2D eigenvalue weighted by atomic mass is 9.74. The molecule has 0 amide bonds. The van der Waals surface area contributed by atoms with E-state index in [2.05, 4.69) is 16.5 Å². The smallest absolute Gasteiger partial charge is 0.0801 e. The van der Waals surface area contributed by atoms with E-state index in [1.54, 1.807) is 0 Å². The largest absolute Gasteiger partial charge is 0.375 e. The zero-order valence-corrected chi connectivity index (χ0v) is 13.1. The first-order valence-corrected chi connectivity index (χ1v) is 8.72. The number of aryl methyl sites for hydroxylation is 1. The van der Waals surface area contributed by atoms with Crippen LogP contribution in [0.5, 0.6) is 0 Å². The van der Waals surface area contributed by atoms with Crippen molar-refractivity contribution in [1.29, 1.82) is 0 Å². The Bertz CT molecular complexity index is 437. The number of aromatic nitrogens is 2. The van der Waals surface area contributed by atoms with Crippen molar-refractivity contribution in [2.24, 2.45) is 11.7 Å². The average molecular weight is 295 g/mol. The highest BCUT2D eigenvalue weighted by Gasteiger charge is 2.41. The second-order valence-corrected chi connectivity index (χ2v) is 7.09. The summed E-state index contributed by atoms with van der Waals surface area (Å²) in [7, 11) is 0. The third-order valence-electron chi connectivity index (χ3n) is 5.03. The maximum Gasteiger partial charge on any atom is 0.0801 e. The van der Waals surface area contributed by atoms with Crippen LogP contribution in [-0.2, 0) is 11.2 Å². The first kappa shape index (κ1) is 14.4. The van der Waals surface area contributed by atoms with Crippen LogP contribution >= 0.6 is 11.5 Å². The molecule has 112 valence electrons. The number of rotatable bonds is 3. The molecule has 0 radical (unpaired) electrons. The second kappa shape index (κ2) is 6.08. The predicted molar refractivity (Wildman–Crippen MR) is 80.7 cm³/mol. The summed E-state index contributed by atoms with van der Waals surface area (Å²) in [5.41, 5.74) is 7.77. The van der Waals surface area contributed by atoms with Crippen molar-refractivity contribution in [2.75, 3.05) is 6.61 Å². The molecule has 2 fully saturated rings. The van der Waals surface area contributed by atoms with E-state index >= 15 is 0 Å². The van der Waals surface area contributed by atoms with Gasteiger partial charge in [0.15, 0.2) is 0 Å². The Balaban J connectivity index is 1.73. The van der Waals surface area contributed by atoms with Gasteiger partial charge in [-0.3, -0.25) is 0 Å². The lowest BCUT2D eigenvalue weighted by Crippen LogP contribution is -2.44. The highest BCUT2D eigenvalue weighted by atomic mass is 32.1. The van der Waals surface area contributed by atoms with Crippen LogP contribution in [0.1, 0.15) is 68.5 Å². The van der Waals surface area contributed by atoms with Crippen LogP contribution in [0.3, 0.4) is 0 Å². The molecule has 1 spiro atoms. The van der Waals surface area contributed by atoms with Gasteiger partial charge in [0.2, 0.25) is 0 Å². The van der Waals surface area contributed by atoms with Crippen LogP contribution in [0.15, 0.2) is 0 Å². The zero-order valence-electron chi connectivity index (χ0n) is 12.3. The summed E-state index contributed by atoms with van der Waals surface area (Å²) in [5, 5.41) is 4.21. The fourth-order valence-electron chi connectivity index (χ4n) is 3.84. The van der Waals surface area contributed by atoms with Gasteiger partial charge in [-0.15, -0.1) is 5.10 Å². The quantitative estimate of drug-likeness (QED) is 0.930. The Morgan fingerprint density at radius 3 is 2.95 bits per heavy atom. The van der Waals surface area contributed by atoms with Gasteiger partial charge in [0.25, 0.3) is 0 Å². The van der Waals surface area contributed by atoms with Gasteiger partial charge in [-0.05, 0) is 49.6 Å². The van der Waals surface area contributed by atoms with Crippen LogP contribution in [0, 0.1) is 5.92 Å². The number of ether oxygens (including phenoxy) is 1. The van der Waals surface area contributed by atoms with Gasteiger partial charge in [0.1, 0.15) is 0 Å². The maximum atomic E-state index is 6.56. The molecule has 1 saturated carbocycles. The molecule has 1 aliphatic heterocycles. The van der Waals surface area contributed by atoms with E-state index < -0.39 is 0 Å². The number of hydrogen-bond donors (Lipinski definition) is 1. The molecule has 2 N–H and O–H groups in total. The monoisotopic (exact) mass is 295 g/mol. The third kappa shape index (κ3) is 2.76. The molecule has 1 aromatic heterocycles. The summed E-state index contributed by atoms with van der Waals surface area (Å²) in [5.74, 6) is 0.523. The minimum atomic E-state index is 0.0904. The number of nitrogens with two attached hydrogens (primary N) is 1. The van der Waals surface area contributed by atoms with Gasteiger partial charge >= 0.3 is 0 Å². The molecular weight excluding hydrogens is 270 g/mol. The van der Waals surface area contributed by atoms with Crippen LogP contribution in [-0.4, -0.2) is 21.8 Å². The molecule has 3 rings (SSSR count). The van der Waals surface area contributed by atoms with Crippen molar-refractivity contribution in [3.8, 4) is 0 Å². The minimum absolute atomic E-state index is 0.0904. The molecule has 2 unspecified atom stereocenters. The van der Waals surface area contributed by atoms with Crippen LogP contribution in [0.25, 0.3) is 0 Å². The summed E-state index contributed by atoms with van der Waals surface area (Å²) in [4.78, 5) is 1.20. The van der Waals surface area contributed by atoms with Gasteiger partial charge in [0.05, 0.1) is 16.2 Å². The number of nitrogens with zero attached hydrogens (tertiary/aromatic N) is 2. The molecule has 1 aromatic rings.